The summed E-state index contributed by atoms with van der Waals surface area (Å²) in [6.07, 6.45) is 3.37. The van der Waals surface area contributed by atoms with Crippen LogP contribution in [0, 0.1) is 10.1 Å². The molecule has 0 aliphatic rings. The number of carbonyl (C=O) groups excluding carboxylic acids is 1. The Bertz CT molecular complexity index is 894. The zero-order valence-corrected chi connectivity index (χ0v) is 13.0. The zero-order chi connectivity index (χ0) is 17.6. The summed E-state index contributed by atoms with van der Waals surface area (Å²) in [7, 11) is 0. The van der Waals surface area contributed by atoms with E-state index in [4.69, 9.17) is 0 Å². The van der Waals surface area contributed by atoms with E-state index in [0.29, 0.717) is 23.8 Å². The van der Waals surface area contributed by atoms with Crippen LogP contribution in [0.15, 0.2) is 48.8 Å². The van der Waals surface area contributed by atoms with Crippen LogP contribution in [0.5, 0.6) is 0 Å². The number of non-ortho nitro benzene ring substituents is 1. The largest absolute Gasteiger partial charge is 0.352 e. The predicted molar refractivity (Wildman–Crippen MR) is 88.3 cm³/mol. The van der Waals surface area contributed by atoms with Gasteiger partial charge < -0.3 is 5.32 Å². The fraction of sp³-hybridized carbons (Fsp3) is 0.125. The minimum atomic E-state index is -0.483. The lowest BCUT2D eigenvalue weighted by molar-refractivity contribution is -0.384. The minimum Gasteiger partial charge on any atom is -0.352 e. The molecule has 2 heterocycles. The molecule has 9 nitrogen and oxygen atoms in total. The van der Waals surface area contributed by atoms with Crippen LogP contribution in [0.1, 0.15) is 11.4 Å². The Morgan fingerprint density at radius 3 is 2.92 bits per heavy atom. The highest BCUT2D eigenvalue weighted by Crippen LogP contribution is 2.20. The molecule has 0 fully saturated rings. The van der Waals surface area contributed by atoms with E-state index >= 15 is 0 Å². The first kappa shape index (κ1) is 16.2. The Labute approximate surface area is 142 Å². The van der Waals surface area contributed by atoms with E-state index in [1.54, 1.807) is 30.6 Å². The molecule has 3 rings (SSSR count). The molecule has 9 heteroatoms. The van der Waals surface area contributed by atoms with Crippen molar-refractivity contribution in [2.75, 3.05) is 0 Å². The molecule has 0 bridgehead atoms. The first-order valence-corrected chi connectivity index (χ1v) is 7.43. The fourth-order valence-electron chi connectivity index (χ4n) is 2.18. The van der Waals surface area contributed by atoms with Crippen molar-refractivity contribution < 1.29 is 9.72 Å². The normalized spacial score (nSPS) is 10.4. The van der Waals surface area contributed by atoms with Gasteiger partial charge in [-0.25, -0.2) is 4.98 Å². The lowest BCUT2D eigenvalue weighted by Crippen LogP contribution is -2.25. The van der Waals surface area contributed by atoms with Gasteiger partial charge in [0.15, 0.2) is 5.82 Å². The van der Waals surface area contributed by atoms with E-state index in [9.17, 15) is 14.9 Å². The monoisotopic (exact) mass is 338 g/mol. The maximum atomic E-state index is 12.0. The maximum Gasteiger partial charge on any atom is 0.270 e. The van der Waals surface area contributed by atoms with Gasteiger partial charge in [-0.1, -0.05) is 18.2 Å². The number of hydrogen-bond donors (Lipinski definition) is 2. The third kappa shape index (κ3) is 4.22. The van der Waals surface area contributed by atoms with Crippen LogP contribution in [-0.4, -0.2) is 31.0 Å². The van der Waals surface area contributed by atoms with Crippen molar-refractivity contribution in [1.29, 1.82) is 0 Å². The summed E-state index contributed by atoms with van der Waals surface area (Å²) in [6, 6.07) is 9.66. The third-order valence-electron chi connectivity index (χ3n) is 3.39. The standard InChI is InChI=1S/C16H14N6O3/c23-15(18-10-11-3-2-6-17-9-11)8-14-19-16(21-20-14)12-4-1-5-13(7-12)22(24)25/h1-7,9H,8,10H2,(H,18,23)(H,19,20,21). The molecule has 2 aromatic heterocycles. The summed E-state index contributed by atoms with van der Waals surface area (Å²) in [6.45, 7) is 0.374. The summed E-state index contributed by atoms with van der Waals surface area (Å²) >= 11 is 0. The molecule has 2 N–H and O–H groups in total. The summed E-state index contributed by atoms with van der Waals surface area (Å²) < 4.78 is 0. The lowest BCUT2D eigenvalue weighted by atomic mass is 10.2. The number of amides is 1. The van der Waals surface area contributed by atoms with E-state index in [1.165, 1.54) is 12.1 Å². The second kappa shape index (κ2) is 7.30. The van der Waals surface area contributed by atoms with Crippen LogP contribution in [-0.2, 0) is 17.8 Å². The van der Waals surface area contributed by atoms with Gasteiger partial charge in [0.2, 0.25) is 5.91 Å². The van der Waals surface area contributed by atoms with E-state index in [0.717, 1.165) is 5.56 Å². The highest BCUT2D eigenvalue weighted by atomic mass is 16.6. The zero-order valence-electron chi connectivity index (χ0n) is 13.0. The van der Waals surface area contributed by atoms with E-state index in [-0.39, 0.29) is 18.0 Å². The minimum absolute atomic E-state index is 0.0299. The van der Waals surface area contributed by atoms with Crippen LogP contribution >= 0.6 is 0 Å². The van der Waals surface area contributed by atoms with Gasteiger partial charge in [-0.15, -0.1) is 0 Å². The molecule has 1 aromatic carbocycles. The number of nitro benzene ring substituents is 1. The number of carbonyl (C=O) groups is 1. The van der Waals surface area contributed by atoms with Crippen LogP contribution < -0.4 is 5.32 Å². The molecule has 1 amide bonds. The van der Waals surface area contributed by atoms with Gasteiger partial charge in [0.1, 0.15) is 5.82 Å². The number of nitrogens with zero attached hydrogens (tertiary/aromatic N) is 4. The van der Waals surface area contributed by atoms with Crippen molar-refractivity contribution in [3.05, 3.63) is 70.3 Å². The smallest absolute Gasteiger partial charge is 0.270 e. The van der Waals surface area contributed by atoms with E-state index in [1.807, 2.05) is 6.07 Å². The highest BCUT2D eigenvalue weighted by Gasteiger charge is 2.12. The Kier molecular flexibility index (Phi) is 4.74. The molecule has 126 valence electrons. The van der Waals surface area contributed by atoms with Crippen LogP contribution in [0.3, 0.4) is 0 Å². The van der Waals surface area contributed by atoms with Crippen LogP contribution in [0.2, 0.25) is 0 Å². The topological polar surface area (TPSA) is 127 Å². The molecular weight excluding hydrogens is 324 g/mol. The van der Waals surface area contributed by atoms with Crippen molar-refractivity contribution >= 4 is 11.6 Å². The van der Waals surface area contributed by atoms with Gasteiger partial charge in [-0.3, -0.25) is 25.0 Å². The Morgan fingerprint density at radius 1 is 1.28 bits per heavy atom. The second-order valence-corrected chi connectivity index (χ2v) is 5.23. The quantitative estimate of drug-likeness (QED) is 0.519. The number of pyridine rings is 1. The van der Waals surface area contributed by atoms with Crippen molar-refractivity contribution in [2.24, 2.45) is 0 Å². The number of nitro groups is 1. The average molecular weight is 338 g/mol. The first-order valence-electron chi connectivity index (χ1n) is 7.43. The molecule has 25 heavy (non-hydrogen) atoms. The molecule has 0 spiro atoms. The summed E-state index contributed by atoms with van der Waals surface area (Å²) in [4.78, 5) is 30.5. The van der Waals surface area contributed by atoms with Crippen molar-refractivity contribution in [2.45, 2.75) is 13.0 Å². The molecule has 0 saturated carbocycles. The van der Waals surface area contributed by atoms with Crippen molar-refractivity contribution in [3.63, 3.8) is 0 Å². The van der Waals surface area contributed by atoms with Gasteiger partial charge in [-0.2, -0.15) is 5.10 Å². The summed E-state index contributed by atoms with van der Waals surface area (Å²) in [5.74, 6) is 0.467. The predicted octanol–water partition coefficient (Wildman–Crippen LogP) is 1.63. The maximum absolute atomic E-state index is 12.0. The first-order chi connectivity index (χ1) is 12.1. The molecule has 0 atom stereocenters. The molecule has 0 aliphatic heterocycles. The van der Waals surface area contributed by atoms with Crippen LogP contribution in [0.4, 0.5) is 5.69 Å². The van der Waals surface area contributed by atoms with Crippen molar-refractivity contribution in [3.8, 4) is 11.4 Å². The fourth-order valence-corrected chi connectivity index (χ4v) is 2.18. The number of aromatic amines is 1. The van der Waals surface area contributed by atoms with Gasteiger partial charge in [-0.05, 0) is 11.6 Å². The van der Waals surface area contributed by atoms with Gasteiger partial charge in [0, 0.05) is 36.6 Å². The van der Waals surface area contributed by atoms with Crippen molar-refractivity contribution in [1.82, 2.24) is 25.5 Å². The molecule has 3 aromatic rings. The Morgan fingerprint density at radius 2 is 2.16 bits per heavy atom. The summed E-state index contributed by atoms with van der Waals surface area (Å²) in [5, 5.41) is 20.3. The SMILES string of the molecule is O=C(Cc1nc(-c2cccc([N+](=O)[O-])c2)n[nH]1)NCc1cccnc1. The third-order valence-corrected chi connectivity index (χ3v) is 3.39. The van der Waals surface area contributed by atoms with E-state index in [2.05, 4.69) is 25.5 Å². The molecule has 0 saturated heterocycles. The number of benzene rings is 1. The second-order valence-electron chi connectivity index (χ2n) is 5.23. The molecule has 0 radical (unpaired) electrons. The van der Waals surface area contributed by atoms with Crippen LogP contribution in [0.25, 0.3) is 11.4 Å². The average Bonchev–Trinajstić information content (AvgIpc) is 3.09. The van der Waals surface area contributed by atoms with Gasteiger partial charge in [0.25, 0.3) is 5.69 Å². The lowest BCUT2D eigenvalue weighted by Gasteiger charge is -2.03. The molecule has 0 unspecified atom stereocenters. The number of aromatic nitrogens is 4. The number of H-pyrrole nitrogens is 1. The van der Waals surface area contributed by atoms with Gasteiger partial charge in [0.05, 0.1) is 11.3 Å². The molecule has 0 aliphatic carbocycles. The van der Waals surface area contributed by atoms with Gasteiger partial charge >= 0.3 is 0 Å². The highest BCUT2D eigenvalue weighted by molar-refractivity contribution is 5.77. The number of hydrogen-bond acceptors (Lipinski definition) is 6. The Hall–Kier alpha value is -3.62. The Balaban J connectivity index is 1.62. The molecular formula is C16H14N6O3. The number of rotatable bonds is 6. The summed E-state index contributed by atoms with van der Waals surface area (Å²) in [5.41, 5.74) is 1.36. The van der Waals surface area contributed by atoms with E-state index < -0.39 is 4.92 Å². The number of nitrogens with one attached hydrogen (secondary N) is 2.